The normalized spacial score (nSPS) is 13.8. The number of hydrogen-bond donors (Lipinski definition) is 2. The van der Waals surface area contributed by atoms with Crippen molar-refractivity contribution in [2.24, 2.45) is 0 Å². The van der Waals surface area contributed by atoms with E-state index in [0.29, 0.717) is 47.1 Å². The first-order valence-electron chi connectivity index (χ1n) is 12.2. The van der Waals surface area contributed by atoms with Gasteiger partial charge in [-0.05, 0) is 30.2 Å². The molecule has 0 bridgehead atoms. The summed E-state index contributed by atoms with van der Waals surface area (Å²) >= 11 is 0. The minimum absolute atomic E-state index is 0.435. The standard InChI is InChI=1S/C26H28N8O3/c1-35-23-14-21-22(15-24(23)37-10-2-7-34-8-11-36-12-9-34)28-17-19(16-27)26(21)29-20-5-3-18(4-6-20)13-25-30-32-33-31-25/h3-6,14-15,17H,2,7-13H2,1H3,(H,28,29)(H,30,31,32,33). The second-order valence-corrected chi connectivity index (χ2v) is 8.66. The van der Waals surface area contributed by atoms with Crippen LogP contribution in [0, 0.1) is 11.3 Å². The molecule has 2 aromatic carbocycles. The Morgan fingerprint density at radius 3 is 2.73 bits per heavy atom. The van der Waals surface area contributed by atoms with Crippen molar-refractivity contribution in [1.82, 2.24) is 30.5 Å². The third-order valence-corrected chi connectivity index (χ3v) is 6.23. The van der Waals surface area contributed by atoms with E-state index in [1.54, 1.807) is 13.3 Å². The van der Waals surface area contributed by atoms with Gasteiger partial charge in [0.1, 0.15) is 6.07 Å². The monoisotopic (exact) mass is 500 g/mol. The molecule has 0 spiro atoms. The number of aromatic nitrogens is 5. The molecule has 0 amide bonds. The minimum atomic E-state index is 0.435. The van der Waals surface area contributed by atoms with Crippen molar-refractivity contribution in [3.63, 3.8) is 0 Å². The Morgan fingerprint density at radius 1 is 1.16 bits per heavy atom. The van der Waals surface area contributed by atoms with Crippen molar-refractivity contribution in [1.29, 1.82) is 5.26 Å². The fraction of sp³-hybridized carbons (Fsp3) is 0.346. The lowest BCUT2D eigenvalue weighted by atomic mass is 10.1. The Kier molecular flexibility index (Phi) is 7.69. The molecular formula is C26H28N8O3. The average Bonchev–Trinajstić information content (AvgIpc) is 3.45. The van der Waals surface area contributed by atoms with Crippen LogP contribution in [0.5, 0.6) is 11.5 Å². The van der Waals surface area contributed by atoms with Crippen LogP contribution in [0.4, 0.5) is 11.4 Å². The summed E-state index contributed by atoms with van der Waals surface area (Å²) in [5, 5.41) is 27.9. The number of methoxy groups -OCH3 is 1. The molecule has 11 heteroatoms. The summed E-state index contributed by atoms with van der Waals surface area (Å²) in [6, 6.07) is 13.8. The molecule has 0 aliphatic carbocycles. The van der Waals surface area contributed by atoms with Crippen molar-refractivity contribution in [2.45, 2.75) is 12.8 Å². The summed E-state index contributed by atoms with van der Waals surface area (Å²) < 4.78 is 17.1. The first kappa shape index (κ1) is 24.4. The highest BCUT2D eigenvalue weighted by Crippen LogP contribution is 2.37. The van der Waals surface area contributed by atoms with Gasteiger partial charge in [-0.25, -0.2) is 0 Å². The molecule has 1 saturated heterocycles. The number of nitrogens with zero attached hydrogens (tertiary/aromatic N) is 6. The molecule has 2 N–H and O–H groups in total. The van der Waals surface area contributed by atoms with Crippen molar-refractivity contribution >= 4 is 22.3 Å². The van der Waals surface area contributed by atoms with Crippen molar-refractivity contribution in [3.8, 4) is 17.6 Å². The van der Waals surface area contributed by atoms with Crippen LogP contribution < -0.4 is 14.8 Å². The summed E-state index contributed by atoms with van der Waals surface area (Å²) in [7, 11) is 1.61. The number of morpholine rings is 1. The number of tetrazole rings is 1. The second kappa shape index (κ2) is 11.6. The average molecular weight is 501 g/mol. The molecule has 0 unspecified atom stereocenters. The van der Waals surface area contributed by atoms with E-state index in [1.807, 2.05) is 36.4 Å². The third kappa shape index (κ3) is 5.94. The Balaban J connectivity index is 1.33. The van der Waals surface area contributed by atoms with Crippen LogP contribution in [0.3, 0.4) is 0 Å². The molecular weight excluding hydrogens is 472 g/mol. The summed E-state index contributed by atoms with van der Waals surface area (Å²) in [5.74, 6) is 1.85. The molecule has 5 rings (SSSR count). The van der Waals surface area contributed by atoms with E-state index >= 15 is 0 Å². The van der Waals surface area contributed by atoms with E-state index in [9.17, 15) is 5.26 Å². The molecule has 0 atom stereocenters. The van der Waals surface area contributed by atoms with E-state index in [2.05, 4.69) is 41.9 Å². The number of pyridine rings is 1. The van der Waals surface area contributed by atoms with Crippen molar-refractivity contribution in [3.05, 3.63) is 59.5 Å². The fourth-order valence-corrected chi connectivity index (χ4v) is 4.28. The summed E-state index contributed by atoms with van der Waals surface area (Å²) in [4.78, 5) is 6.89. The predicted octanol–water partition coefficient (Wildman–Crippen LogP) is 3.06. The molecule has 2 aromatic heterocycles. The Hall–Kier alpha value is -4.27. The molecule has 37 heavy (non-hydrogen) atoms. The van der Waals surface area contributed by atoms with Gasteiger partial charge in [0.2, 0.25) is 0 Å². The maximum absolute atomic E-state index is 9.76. The lowest BCUT2D eigenvalue weighted by molar-refractivity contribution is 0.0357. The maximum atomic E-state index is 9.76. The van der Waals surface area contributed by atoms with Gasteiger partial charge in [-0.15, -0.1) is 10.2 Å². The summed E-state index contributed by atoms with van der Waals surface area (Å²) in [6.07, 6.45) is 3.05. The third-order valence-electron chi connectivity index (χ3n) is 6.23. The number of rotatable bonds is 10. The topological polar surface area (TPSA) is 134 Å². The summed E-state index contributed by atoms with van der Waals surface area (Å²) in [5.41, 5.74) is 3.69. The highest BCUT2D eigenvalue weighted by atomic mass is 16.5. The SMILES string of the molecule is COc1cc2c(Nc3ccc(Cc4nn[nH]n4)cc3)c(C#N)cnc2cc1OCCCN1CCOCC1. The molecule has 1 aliphatic heterocycles. The Morgan fingerprint density at radius 2 is 2.00 bits per heavy atom. The Labute approximate surface area is 214 Å². The molecule has 4 aromatic rings. The lowest BCUT2D eigenvalue weighted by Gasteiger charge is -2.26. The molecule has 1 aliphatic rings. The molecule has 1 fully saturated rings. The van der Waals surface area contributed by atoms with Gasteiger partial charge in [0.25, 0.3) is 0 Å². The number of anilines is 2. The van der Waals surface area contributed by atoms with Gasteiger partial charge in [-0.2, -0.15) is 10.5 Å². The molecule has 3 heterocycles. The number of nitrogens with one attached hydrogen (secondary N) is 2. The van der Waals surface area contributed by atoms with Gasteiger partial charge >= 0.3 is 0 Å². The smallest absolute Gasteiger partial charge is 0.178 e. The van der Waals surface area contributed by atoms with E-state index in [4.69, 9.17) is 14.2 Å². The van der Waals surface area contributed by atoms with Gasteiger partial charge < -0.3 is 19.5 Å². The number of benzene rings is 2. The minimum Gasteiger partial charge on any atom is -0.493 e. The number of aromatic amines is 1. The van der Waals surface area contributed by atoms with Gasteiger partial charge in [-0.3, -0.25) is 9.88 Å². The zero-order chi connectivity index (χ0) is 25.5. The quantitative estimate of drug-likeness (QED) is 0.313. The van der Waals surface area contributed by atoms with Crippen LogP contribution in [0.2, 0.25) is 0 Å². The first-order chi connectivity index (χ1) is 18.2. The van der Waals surface area contributed by atoms with Crippen LogP contribution in [0.15, 0.2) is 42.6 Å². The lowest BCUT2D eigenvalue weighted by Crippen LogP contribution is -2.37. The maximum Gasteiger partial charge on any atom is 0.178 e. The number of nitriles is 1. The van der Waals surface area contributed by atoms with Crippen molar-refractivity contribution < 1.29 is 14.2 Å². The number of H-pyrrole nitrogens is 1. The van der Waals surface area contributed by atoms with Gasteiger partial charge in [0.05, 0.1) is 43.7 Å². The largest absolute Gasteiger partial charge is 0.493 e. The van der Waals surface area contributed by atoms with Crippen molar-refractivity contribution in [2.75, 3.05) is 51.9 Å². The van der Waals surface area contributed by atoms with Gasteiger partial charge in [0.15, 0.2) is 17.3 Å². The molecule has 0 radical (unpaired) electrons. The number of hydrogen-bond acceptors (Lipinski definition) is 10. The van der Waals surface area contributed by atoms with E-state index in [-0.39, 0.29) is 0 Å². The van der Waals surface area contributed by atoms with Crippen LogP contribution in [0.25, 0.3) is 10.9 Å². The van der Waals surface area contributed by atoms with Gasteiger partial charge in [0, 0.05) is 49.4 Å². The molecule has 0 saturated carbocycles. The zero-order valence-corrected chi connectivity index (χ0v) is 20.6. The highest BCUT2D eigenvalue weighted by Gasteiger charge is 2.15. The van der Waals surface area contributed by atoms with E-state index < -0.39 is 0 Å². The zero-order valence-electron chi connectivity index (χ0n) is 20.6. The first-order valence-corrected chi connectivity index (χ1v) is 12.2. The molecule has 11 nitrogen and oxygen atoms in total. The second-order valence-electron chi connectivity index (χ2n) is 8.66. The van der Waals surface area contributed by atoms with Crippen LogP contribution >= 0.6 is 0 Å². The summed E-state index contributed by atoms with van der Waals surface area (Å²) in [6.45, 7) is 5.03. The van der Waals surface area contributed by atoms with E-state index in [0.717, 1.165) is 55.9 Å². The Bertz CT molecular complexity index is 1360. The van der Waals surface area contributed by atoms with Crippen LogP contribution in [-0.4, -0.2) is 77.1 Å². The van der Waals surface area contributed by atoms with Gasteiger partial charge in [-0.1, -0.05) is 17.3 Å². The number of fused-ring (bicyclic) bond motifs is 1. The van der Waals surface area contributed by atoms with Crippen LogP contribution in [-0.2, 0) is 11.2 Å². The highest BCUT2D eigenvalue weighted by molar-refractivity contribution is 5.97. The predicted molar refractivity (Wildman–Crippen MR) is 137 cm³/mol. The number of ether oxygens (including phenoxy) is 3. The van der Waals surface area contributed by atoms with E-state index in [1.165, 1.54) is 0 Å². The fourth-order valence-electron chi connectivity index (χ4n) is 4.28. The molecule has 190 valence electrons. The van der Waals surface area contributed by atoms with Crippen LogP contribution in [0.1, 0.15) is 23.4 Å².